The highest BCUT2D eigenvalue weighted by atomic mass is 32.2. The van der Waals surface area contributed by atoms with Gasteiger partial charge in [-0.1, -0.05) is 59.1 Å². The molecule has 41 heteroatoms. The van der Waals surface area contributed by atoms with Crippen LogP contribution in [0.15, 0.2) is 117 Å². The number of primary amides is 1. The van der Waals surface area contributed by atoms with Crippen molar-refractivity contribution in [2.45, 2.75) is 222 Å². The highest BCUT2D eigenvalue weighted by Crippen LogP contribution is 2.49. The second-order valence-electron chi connectivity index (χ2n) is 30.3. The minimum Gasteiger partial charge on any atom is -0.481 e. The Morgan fingerprint density at radius 3 is 1.86 bits per heavy atom. The molecule has 0 bridgehead atoms. The number of allylic oxidation sites excluding steroid dienone is 7. The first-order valence-corrected chi connectivity index (χ1v) is 42.7. The number of anilines is 1. The summed E-state index contributed by atoms with van der Waals surface area (Å²) in [5.74, 6) is -11.8. The highest BCUT2D eigenvalue weighted by molar-refractivity contribution is 7.94. The maximum Gasteiger partial charge on any atom is 0.357 e. The molecule has 0 fully saturated rings. The summed E-state index contributed by atoms with van der Waals surface area (Å²) in [5, 5.41) is 58.5. The van der Waals surface area contributed by atoms with Gasteiger partial charge in [-0.2, -0.15) is 25.6 Å². The Kier molecular flexibility index (Phi) is 36.0. The van der Waals surface area contributed by atoms with E-state index in [9.17, 15) is 103 Å². The predicted molar refractivity (Wildman–Crippen MR) is 429 cm³/mol. The third-order valence-electron chi connectivity index (χ3n) is 19.8. The third kappa shape index (κ3) is 27.9. The van der Waals surface area contributed by atoms with Crippen molar-refractivity contribution >= 4 is 126 Å². The number of carboxylic acids is 2. The molecule has 3 aliphatic rings. The Balaban J connectivity index is 1.21. The third-order valence-corrected chi connectivity index (χ3v) is 22.5. The van der Waals surface area contributed by atoms with E-state index in [4.69, 9.17) is 19.9 Å². The summed E-state index contributed by atoms with van der Waals surface area (Å²) < 4.78 is 110. The van der Waals surface area contributed by atoms with Gasteiger partial charge in [-0.3, -0.25) is 66.4 Å². The lowest BCUT2D eigenvalue weighted by Crippen LogP contribution is -2.61. The molecule has 37 nitrogen and oxygen atoms in total. The van der Waals surface area contributed by atoms with E-state index in [-0.39, 0.29) is 53.0 Å². The lowest BCUT2D eigenvalue weighted by Gasteiger charge is -2.29. The zero-order valence-electron chi connectivity index (χ0n) is 66.9. The van der Waals surface area contributed by atoms with Gasteiger partial charge in [0.15, 0.2) is 11.5 Å². The lowest BCUT2D eigenvalue weighted by atomic mass is 9.81. The number of benzene rings is 3. The zero-order valence-corrected chi connectivity index (χ0v) is 70.2. The summed E-state index contributed by atoms with van der Waals surface area (Å²) in [4.78, 5) is 146. The van der Waals surface area contributed by atoms with Crippen LogP contribution in [0.2, 0.25) is 0 Å². The minimum atomic E-state index is -4.70. The van der Waals surface area contributed by atoms with Gasteiger partial charge in [0, 0.05) is 78.1 Å². The molecule has 118 heavy (non-hydrogen) atoms. The molecule has 0 aromatic heterocycles. The van der Waals surface area contributed by atoms with E-state index >= 15 is 0 Å². The van der Waals surface area contributed by atoms with Crippen LogP contribution in [0, 0.1) is 11.8 Å². The number of aliphatic hydroxyl groups is 1. The Morgan fingerprint density at radius 2 is 1.25 bits per heavy atom. The molecule has 6 rings (SSSR count). The summed E-state index contributed by atoms with van der Waals surface area (Å²) in [6.45, 7) is 16.2. The number of hydrogen-bond acceptors (Lipinski definition) is 24. The summed E-state index contributed by atoms with van der Waals surface area (Å²) in [6.07, 6.45) is 7.93. The fourth-order valence-electron chi connectivity index (χ4n) is 13.6. The van der Waals surface area contributed by atoms with Gasteiger partial charge in [0.2, 0.25) is 52.9 Å². The Morgan fingerprint density at radius 1 is 0.653 bits per heavy atom. The quantitative estimate of drug-likeness (QED) is 0.00667. The second kappa shape index (κ2) is 43.8. The maximum absolute atomic E-state index is 14.1. The molecule has 8 unspecified atom stereocenters. The minimum absolute atomic E-state index is 0.138. The first-order valence-electron chi connectivity index (χ1n) is 37.9. The first kappa shape index (κ1) is 97.0. The van der Waals surface area contributed by atoms with Crippen LogP contribution >= 0.6 is 12.0 Å². The molecule has 0 spiro atoms. The number of nitrogens with two attached hydrogens (primary N) is 1. The van der Waals surface area contributed by atoms with Crippen molar-refractivity contribution in [2.75, 3.05) is 30.3 Å². The molecule has 1 aliphatic carbocycles. The molecule has 0 radical (unpaired) electrons. The van der Waals surface area contributed by atoms with E-state index < -0.39 is 188 Å². The Labute approximate surface area is 690 Å². The number of hydrogen-bond donors (Lipinski definition) is 15. The molecule has 0 saturated carbocycles. The van der Waals surface area contributed by atoms with Crippen LogP contribution in [0.25, 0.3) is 0 Å². The Hall–Kier alpha value is -9.82. The van der Waals surface area contributed by atoms with Crippen LogP contribution < -0.4 is 56.8 Å². The molecular formula is C77H105N10O27S4+. The molecule has 0 saturated heterocycles. The van der Waals surface area contributed by atoms with E-state index in [2.05, 4.69) is 51.2 Å². The van der Waals surface area contributed by atoms with Gasteiger partial charge in [0.25, 0.3) is 20.2 Å². The van der Waals surface area contributed by atoms with Gasteiger partial charge < -0.3 is 72.1 Å². The fourth-order valence-corrected chi connectivity index (χ4v) is 15.3. The highest BCUT2D eigenvalue weighted by Gasteiger charge is 2.46. The summed E-state index contributed by atoms with van der Waals surface area (Å²) >= 11 is -1.68. The van der Waals surface area contributed by atoms with E-state index in [1.165, 1.54) is 64.1 Å². The van der Waals surface area contributed by atoms with Crippen molar-refractivity contribution in [2.24, 2.45) is 17.6 Å². The number of aliphatic carboxylic acids is 2. The average molecular weight is 1730 g/mol. The van der Waals surface area contributed by atoms with Gasteiger partial charge >= 0.3 is 23.3 Å². The monoisotopic (exact) mass is 1730 g/mol. The van der Waals surface area contributed by atoms with E-state index in [1.807, 2.05) is 56.9 Å². The number of aliphatic hydroxyl groups excluding tert-OH is 1. The average Bonchev–Trinajstić information content (AvgIpc) is 1.59. The van der Waals surface area contributed by atoms with Crippen molar-refractivity contribution in [3.05, 3.63) is 119 Å². The second-order valence-corrected chi connectivity index (χ2v) is 34.6. The van der Waals surface area contributed by atoms with Crippen LogP contribution in [-0.2, 0) is 105 Å². The van der Waals surface area contributed by atoms with Crippen molar-refractivity contribution in [1.82, 2.24) is 37.2 Å². The topological polar surface area (TPSA) is 568 Å². The fraction of sp³-hybridized carbons (Fsp3) is 0.506. The molecular weight excluding hydrogens is 1630 g/mol. The smallest absolute Gasteiger partial charge is 0.357 e. The number of nitrogens with zero attached hydrogens (tertiary/aromatic N) is 2. The maximum atomic E-state index is 14.1. The number of Topliss-reactive ketones (excluding diaryl/α,β-unsaturated/α-hetero) is 1. The number of nitrogens with one attached hydrogen (secondary N) is 7. The van der Waals surface area contributed by atoms with Crippen molar-refractivity contribution in [3.8, 4) is 11.5 Å². The van der Waals surface area contributed by atoms with Gasteiger partial charge in [-0.15, -0.1) is 4.33 Å². The molecule has 2 heterocycles. The summed E-state index contributed by atoms with van der Waals surface area (Å²) in [7, 11) is -9.30. The summed E-state index contributed by atoms with van der Waals surface area (Å²) in [6, 6.07) is 3.24. The van der Waals surface area contributed by atoms with E-state index in [1.54, 1.807) is 38.1 Å². The SMILES string of the molecule is CC(=O)C(C)NC(=O)C(CC(=O)O)NC(=O)C(CC(C)C)NC(=O)C(CC(N)=O)NC(=O)C(NC(=O)C(CCC(=O)O)NC(=O)C(CO)NC(=O)CCCCCN1C(=CC=C2CCCC(C=CC3=[N+](CCCCSOOO)c4ccc(OS(=O)O)cc4C3(C)C)=C2Oc2ccc(S(=O)(=O)O)cc2)C(C)(C)c2cc(S(=O)(=O)O)ccc21)C(C)C. The number of ketones is 1. The van der Waals surface area contributed by atoms with Crippen LogP contribution in [0.3, 0.4) is 0 Å². The van der Waals surface area contributed by atoms with Crippen molar-refractivity contribution in [3.63, 3.8) is 0 Å². The number of fused-ring (bicyclic) bond motifs is 2. The molecule has 3 aromatic carbocycles. The number of carboxylic acid groups (broad SMARTS) is 2. The molecule has 8 amide bonds. The number of unbranched alkanes of at least 4 members (excludes halogenated alkanes) is 3. The first-order chi connectivity index (χ1) is 55.3. The van der Waals surface area contributed by atoms with Crippen molar-refractivity contribution < 1.29 is 131 Å². The largest absolute Gasteiger partial charge is 0.481 e. The van der Waals surface area contributed by atoms with Gasteiger partial charge in [-0.25, -0.2) is 5.26 Å². The van der Waals surface area contributed by atoms with E-state index in [0.717, 1.165) is 34.6 Å². The number of carbonyl (C=O) groups is 11. The Bertz CT molecular complexity index is 4660. The van der Waals surface area contributed by atoms with E-state index in [0.29, 0.717) is 85.5 Å². The van der Waals surface area contributed by atoms with Gasteiger partial charge in [-0.05, 0) is 174 Å². The molecule has 8 atom stereocenters. The number of amides is 8. The number of rotatable bonds is 47. The predicted octanol–water partition coefficient (Wildman–Crippen LogP) is 5.07. The molecule has 648 valence electrons. The normalized spacial score (nSPS) is 17.2. The molecule has 3 aromatic rings. The van der Waals surface area contributed by atoms with Gasteiger partial charge in [0.05, 0.1) is 40.7 Å². The number of ether oxygens (including phenoxy) is 1. The van der Waals surface area contributed by atoms with Crippen LogP contribution in [0.5, 0.6) is 11.5 Å². The van der Waals surface area contributed by atoms with Crippen LogP contribution in [-0.4, -0.2) is 198 Å². The summed E-state index contributed by atoms with van der Waals surface area (Å²) in [5.41, 5.74) is 9.45. The standard InChI is InChI=1S/C77H104N10O27S4/c1-43(2)37-56(72(98)83-58(41-67(94)95)71(97)79-45(5)46(6)89)82-73(99)57(40-64(78)90)84-75(101)68(44(3)4)85-70(96)55(28-33-66(92)93)81-74(100)59(42-88)80-65(91)19-12-11-13-34-86-61-30-27-52(118(108,109)110)39-54(61)77(9,10)63(86)32-21-48-18-16-17-47(69(48)111-49-22-25-51(26-23-49)117(105,106)107)20-31-62-76(7,8)53-38-50(112-116(103)104)24-29-60(53)87(62)35-14-15-36-115-114-113-102/h20-27,29-32,38-39,43-45,55-59,68,88H,11-19,28,33-37,40-42H2,1-10H3,(H14-,78,79,80,81,82,83,84,85,90,91,92,93,94,95,96,97,98,99,100,101,102,103,104,105,106,107,108,109,110)/p+1. The lowest BCUT2D eigenvalue weighted by molar-refractivity contribution is -0.438. The van der Waals surface area contributed by atoms with Crippen LogP contribution in [0.4, 0.5) is 11.4 Å². The van der Waals surface area contributed by atoms with Gasteiger partial charge in [0.1, 0.15) is 60.1 Å². The van der Waals surface area contributed by atoms with Crippen LogP contribution in [0.1, 0.15) is 170 Å². The number of carbonyl (C=O) groups excluding carboxylic acids is 9. The van der Waals surface area contributed by atoms with Crippen molar-refractivity contribution in [1.29, 1.82) is 0 Å². The molecule has 16 N–H and O–H groups in total. The zero-order chi connectivity index (χ0) is 87.9. The molecule has 2 aliphatic heterocycles.